The number of rotatable bonds is 1. The van der Waals surface area contributed by atoms with Gasteiger partial charge in [-0.05, 0) is 19.1 Å². The van der Waals surface area contributed by atoms with Gasteiger partial charge in [-0.1, -0.05) is 12.1 Å². The van der Waals surface area contributed by atoms with E-state index in [1.807, 2.05) is 12.1 Å². The second-order valence-corrected chi connectivity index (χ2v) is 3.22. The quantitative estimate of drug-likeness (QED) is 0.712. The highest BCUT2D eigenvalue weighted by Gasteiger charge is 2.35. The Morgan fingerprint density at radius 2 is 2.21 bits per heavy atom. The van der Waals surface area contributed by atoms with Gasteiger partial charge in [-0.2, -0.15) is 5.11 Å². The Labute approximate surface area is 80.5 Å². The zero-order chi connectivity index (χ0) is 10.2. The van der Waals surface area contributed by atoms with E-state index in [4.69, 9.17) is 5.11 Å². The summed E-state index contributed by atoms with van der Waals surface area (Å²) in [6.07, 6.45) is 0. The van der Waals surface area contributed by atoms with Crippen molar-refractivity contribution in [3.8, 4) is 0 Å². The smallest absolute Gasteiger partial charge is 0.353 e. The zero-order valence-electron chi connectivity index (χ0n) is 7.56. The third-order valence-electron chi connectivity index (χ3n) is 2.06. The van der Waals surface area contributed by atoms with Gasteiger partial charge in [0, 0.05) is 0 Å². The molecule has 0 spiro atoms. The summed E-state index contributed by atoms with van der Waals surface area (Å²) in [6, 6.07) is 7.18. The molecule has 2 N–H and O–H groups in total. The monoisotopic (exact) mass is 191 g/mol. The van der Waals surface area contributed by atoms with Crippen molar-refractivity contribution in [3.63, 3.8) is 0 Å². The Bertz CT molecular complexity index is 416. The van der Waals surface area contributed by atoms with Gasteiger partial charge in [-0.15, -0.1) is 5.11 Å². The number of nitrogens with zero attached hydrogens (tertiary/aromatic N) is 2. The van der Waals surface area contributed by atoms with Crippen molar-refractivity contribution in [1.29, 1.82) is 0 Å². The molecule has 1 heterocycles. The van der Waals surface area contributed by atoms with E-state index in [0.29, 0.717) is 11.4 Å². The molecule has 1 atom stereocenters. The Morgan fingerprint density at radius 1 is 1.50 bits per heavy atom. The molecule has 14 heavy (non-hydrogen) atoms. The lowest BCUT2D eigenvalue weighted by molar-refractivity contribution is -0.141. The highest BCUT2D eigenvalue weighted by molar-refractivity contribution is 5.84. The molecule has 72 valence electrons. The molecule has 0 amide bonds. The van der Waals surface area contributed by atoms with Gasteiger partial charge < -0.3 is 10.4 Å². The Kier molecular flexibility index (Phi) is 1.73. The van der Waals surface area contributed by atoms with Crippen molar-refractivity contribution in [1.82, 2.24) is 0 Å². The summed E-state index contributed by atoms with van der Waals surface area (Å²) in [5.74, 6) is -1.05. The highest BCUT2D eigenvalue weighted by atomic mass is 16.4. The largest absolute Gasteiger partial charge is 0.478 e. The van der Waals surface area contributed by atoms with Crippen LogP contribution < -0.4 is 5.32 Å². The summed E-state index contributed by atoms with van der Waals surface area (Å²) in [5.41, 5.74) is -0.00687. The van der Waals surface area contributed by atoms with E-state index in [2.05, 4.69) is 15.5 Å². The van der Waals surface area contributed by atoms with Gasteiger partial charge >= 0.3 is 5.97 Å². The van der Waals surface area contributed by atoms with Crippen LogP contribution in [0.4, 0.5) is 11.4 Å². The Hall–Kier alpha value is -1.91. The van der Waals surface area contributed by atoms with Crippen LogP contribution in [0.5, 0.6) is 0 Å². The van der Waals surface area contributed by atoms with Crippen LogP contribution in [0.1, 0.15) is 6.92 Å². The van der Waals surface area contributed by atoms with Crippen molar-refractivity contribution < 1.29 is 9.90 Å². The molecular formula is C9H9N3O2. The molecule has 2 rings (SSSR count). The first kappa shape index (κ1) is 8.68. The maximum Gasteiger partial charge on any atom is 0.353 e. The fourth-order valence-corrected chi connectivity index (χ4v) is 1.20. The lowest BCUT2D eigenvalue weighted by atomic mass is 10.1. The molecule has 5 nitrogen and oxygen atoms in total. The average Bonchev–Trinajstić information content (AvgIpc) is 2.17. The third-order valence-corrected chi connectivity index (χ3v) is 2.06. The summed E-state index contributed by atoms with van der Waals surface area (Å²) >= 11 is 0. The van der Waals surface area contributed by atoms with Crippen molar-refractivity contribution in [2.45, 2.75) is 12.6 Å². The molecule has 1 aromatic carbocycles. The highest BCUT2D eigenvalue weighted by Crippen LogP contribution is 2.33. The van der Waals surface area contributed by atoms with Crippen LogP contribution in [0, 0.1) is 0 Å². The summed E-state index contributed by atoms with van der Waals surface area (Å²) in [7, 11) is 0. The number of hydrogen-bond acceptors (Lipinski definition) is 4. The van der Waals surface area contributed by atoms with Crippen LogP contribution in [0.3, 0.4) is 0 Å². The molecule has 0 bridgehead atoms. The number of fused-ring (bicyclic) bond motifs is 1. The topological polar surface area (TPSA) is 74.0 Å². The van der Waals surface area contributed by atoms with Gasteiger partial charge in [-0.3, -0.25) is 0 Å². The predicted octanol–water partition coefficient (Wildman–Crippen LogP) is 2.00. The lowest BCUT2D eigenvalue weighted by Gasteiger charge is -2.25. The van der Waals surface area contributed by atoms with Crippen LogP contribution in [-0.2, 0) is 4.79 Å². The number of anilines is 1. The van der Waals surface area contributed by atoms with E-state index < -0.39 is 11.6 Å². The van der Waals surface area contributed by atoms with Crippen molar-refractivity contribution in [3.05, 3.63) is 24.3 Å². The van der Waals surface area contributed by atoms with Gasteiger partial charge in [0.15, 0.2) is 0 Å². The molecule has 1 aromatic rings. The number of azo groups is 1. The minimum Gasteiger partial charge on any atom is -0.478 e. The molecule has 0 saturated heterocycles. The van der Waals surface area contributed by atoms with E-state index >= 15 is 0 Å². The molecule has 1 aliphatic heterocycles. The fraction of sp³-hybridized carbons (Fsp3) is 0.222. The normalized spacial score (nSPS) is 23.8. The van der Waals surface area contributed by atoms with Gasteiger partial charge in [0.2, 0.25) is 5.66 Å². The maximum absolute atomic E-state index is 10.9. The second kappa shape index (κ2) is 2.80. The number of para-hydroxylation sites is 1. The van der Waals surface area contributed by atoms with Gasteiger partial charge in [-0.25, -0.2) is 4.79 Å². The number of benzene rings is 1. The molecule has 0 aromatic heterocycles. The minimum atomic E-state index is -1.35. The number of carboxylic acids is 1. The summed E-state index contributed by atoms with van der Waals surface area (Å²) in [4.78, 5) is 10.9. The molecule has 0 aliphatic carbocycles. The Morgan fingerprint density at radius 3 is 2.93 bits per heavy atom. The minimum absolute atomic E-state index is 0.659. The van der Waals surface area contributed by atoms with Gasteiger partial charge in [0.05, 0.1) is 5.69 Å². The number of hydrogen-bond donors (Lipinski definition) is 2. The van der Waals surface area contributed by atoms with Gasteiger partial charge in [0.25, 0.3) is 0 Å². The van der Waals surface area contributed by atoms with E-state index in [1.165, 1.54) is 6.92 Å². The van der Waals surface area contributed by atoms with Gasteiger partial charge in [0.1, 0.15) is 5.69 Å². The van der Waals surface area contributed by atoms with Crippen LogP contribution in [0.15, 0.2) is 34.5 Å². The molecule has 0 saturated carbocycles. The van der Waals surface area contributed by atoms with Crippen molar-refractivity contribution >= 4 is 17.3 Å². The first-order valence-electron chi connectivity index (χ1n) is 4.15. The lowest BCUT2D eigenvalue weighted by Crippen LogP contribution is -2.42. The third kappa shape index (κ3) is 1.22. The van der Waals surface area contributed by atoms with Crippen LogP contribution in [0.2, 0.25) is 0 Å². The van der Waals surface area contributed by atoms with E-state index in [9.17, 15) is 4.79 Å². The van der Waals surface area contributed by atoms with Crippen LogP contribution in [-0.4, -0.2) is 16.7 Å². The summed E-state index contributed by atoms with van der Waals surface area (Å²) in [5, 5.41) is 19.3. The van der Waals surface area contributed by atoms with Crippen molar-refractivity contribution in [2.75, 3.05) is 5.32 Å². The Balaban J connectivity index is 2.43. The number of carbonyl (C=O) groups is 1. The molecule has 0 unspecified atom stereocenters. The van der Waals surface area contributed by atoms with Crippen molar-refractivity contribution in [2.24, 2.45) is 10.2 Å². The van der Waals surface area contributed by atoms with Crippen LogP contribution >= 0.6 is 0 Å². The standard InChI is InChI=1S/C9H9N3O2/c1-9(8(13)14)10-6-4-2-3-5-7(6)11-12-9/h2-5,10H,1H3,(H,13,14)/t9-/m0/s1. The van der Waals surface area contributed by atoms with E-state index in [-0.39, 0.29) is 0 Å². The predicted molar refractivity (Wildman–Crippen MR) is 50.6 cm³/mol. The molecule has 0 radical (unpaired) electrons. The molecular weight excluding hydrogens is 182 g/mol. The summed E-state index contributed by atoms with van der Waals surface area (Å²) < 4.78 is 0. The zero-order valence-corrected chi connectivity index (χ0v) is 7.56. The first-order valence-corrected chi connectivity index (χ1v) is 4.15. The van der Waals surface area contributed by atoms with E-state index in [1.54, 1.807) is 12.1 Å². The number of aliphatic carboxylic acids is 1. The SMILES string of the molecule is C[C@@]1(C(=O)O)N=Nc2ccccc2N1. The molecule has 0 fully saturated rings. The second-order valence-electron chi connectivity index (χ2n) is 3.22. The fourth-order valence-electron chi connectivity index (χ4n) is 1.20. The van der Waals surface area contributed by atoms with E-state index in [0.717, 1.165) is 0 Å². The average molecular weight is 191 g/mol. The van der Waals surface area contributed by atoms with Crippen LogP contribution in [0.25, 0.3) is 0 Å². The maximum atomic E-state index is 10.9. The first-order chi connectivity index (χ1) is 6.62. The summed E-state index contributed by atoms with van der Waals surface area (Å²) in [6.45, 7) is 1.47. The number of carboxylic acid groups (broad SMARTS) is 1. The molecule has 5 heteroatoms. The number of nitrogens with one attached hydrogen (secondary N) is 1. The molecule has 1 aliphatic rings.